The van der Waals surface area contributed by atoms with Crippen LogP contribution in [0.1, 0.15) is 26.0 Å². The number of aryl methyl sites for hydroxylation is 1. The van der Waals surface area contributed by atoms with Crippen LogP contribution in [0.25, 0.3) is 0 Å². The number of anilines is 1. The first-order valence-corrected chi connectivity index (χ1v) is 8.80. The van der Waals surface area contributed by atoms with E-state index in [1.807, 2.05) is 20.8 Å². The molecule has 1 heterocycles. The molecule has 0 radical (unpaired) electrons. The Balaban J connectivity index is 2.77. The molecule has 1 atom stereocenters. The molecule has 2 N–H and O–H groups in total. The van der Waals surface area contributed by atoms with Crippen LogP contribution >= 0.6 is 23.1 Å². The van der Waals surface area contributed by atoms with Gasteiger partial charge in [-0.05, 0) is 19.3 Å². The lowest BCUT2D eigenvalue weighted by molar-refractivity contribution is -0.118. The zero-order valence-electron chi connectivity index (χ0n) is 13.5. The lowest BCUT2D eigenvalue weighted by Gasteiger charge is -2.18. The van der Waals surface area contributed by atoms with Gasteiger partial charge in [-0.3, -0.25) is 4.79 Å². The van der Waals surface area contributed by atoms with Crippen molar-refractivity contribution in [2.75, 3.05) is 18.2 Å². The summed E-state index contributed by atoms with van der Waals surface area (Å²) in [5, 5.41) is 14.3. The molecule has 9 heteroatoms. The van der Waals surface area contributed by atoms with E-state index in [0.29, 0.717) is 17.3 Å². The van der Waals surface area contributed by atoms with Gasteiger partial charge in [-0.15, -0.1) is 0 Å². The minimum atomic E-state index is -0.693. The first-order valence-electron chi connectivity index (χ1n) is 6.99. The van der Waals surface area contributed by atoms with Crippen molar-refractivity contribution < 1.29 is 14.3 Å². The van der Waals surface area contributed by atoms with Crippen LogP contribution in [0.2, 0.25) is 0 Å². The smallest absolute Gasteiger partial charge is 0.407 e. The van der Waals surface area contributed by atoms with Crippen molar-refractivity contribution in [2.24, 2.45) is 5.92 Å². The largest absolute Gasteiger partial charge is 0.453 e. The number of carbonyl (C=O) groups is 2. The summed E-state index contributed by atoms with van der Waals surface area (Å²) in [7, 11) is 1.25. The lowest BCUT2D eigenvalue weighted by Crippen LogP contribution is -2.44. The summed E-state index contributed by atoms with van der Waals surface area (Å²) in [6.07, 6.45) is -0.159. The fraction of sp³-hybridized carbons (Fsp3) is 0.571. The molecule has 1 aromatic rings. The number of nitriles is 1. The minimum Gasteiger partial charge on any atom is -0.453 e. The van der Waals surface area contributed by atoms with Gasteiger partial charge >= 0.3 is 6.09 Å². The normalized spacial score (nSPS) is 11.7. The van der Waals surface area contributed by atoms with E-state index < -0.39 is 12.1 Å². The first-order chi connectivity index (χ1) is 10.9. The molecule has 0 spiro atoms. The number of thiazole rings is 1. The molecule has 0 aliphatic heterocycles. The van der Waals surface area contributed by atoms with Crippen LogP contribution in [0.5, 0.6) is 0 Å². The maximum Gasteiger partial charge on any atom is 0.407 e. The fourth-order valence-electron chi connectivity index (χ4n) is 1.76. The van der Waals surface area contributed by atoms with Crippen LogP contribution in [0.3, 0.4) is 0 Å². The molecule has 0 aromatic carbocycles. The van der Waals surface area contributed by atoms with Crippen LogP contribution in [-0.4, -0.2) is 35.9 Å². The van der Waals surface area contributed by atoms with Gasteiger partial charge in [-0.2, -0.15) is 5.26 Å². The van der Waals surface area contributed by atoms with Gasteiger partial charge in [0.1, 0.15) is 6.04 Å². The number of nitrogens with zero attached hydrogens (tertiary/aromatic N) is 2. The summed E-state index contributed by atoms with van der Waals surface area (Å²) in [4.78, 5) is 28.0. The number of amides is 2. The second-order valence-corrected chi connectivity index (χ2v) is 7.39. The van der Waals surface area contributed by atoms with Gasteiger partial charge in [0.25, 0.3) is 0 Å². The monoisotopic (exact) mass is 356 g/mol. The Kier molecular flexibility index (Phi) is 7.85. The molecule has 7 nitrogen and oxygen atoms in total. The number of rotatable bonds is 7. The summed E-state index contributed by atoms with van der Waals surface area (Å²) in [6.45, 7) is 5.75. The number of methoxy groups -OCH3 is 1. The molecular weight excluding hydrogens is 336 g/mol. The maximum absolute atomic E-state index is 12.4. The topological polar surface area (TPSA) is 104 Å². The van der Waals surface area contributed by atoms with E-state index in [9.17, 15) is 9.59 Å². The second kappa shape index (κ2) is 9.37. The third kappa shape index (κ3) is 6.46. The van der Waals surface area contributed by atoms with E-state index >= 15 is 0 Å². The fourth-order valence-corrected chi connectivity index (χ4v) is 3.57. The maximum atomic E-state index is 12.4. The van der Waals surface area contributed by atoms with E-state index in [1.54, 1.807) is 0 Å². The Labute approximate surface area is 143 Å². The molecule has 0 fully saturated rings. The predicted octanol–water partition coefficient (Wildman–Crippen LogP) is 2.78. The Morgan fingerprint density at radius 3 is 2.74 bits per heavy atom. The average molecular weight is 356 g/mol. The Bertz CT molecular complexity index is 595. The molecule has 0 aliphatic carbocycles. The SMILES string of the molecule is COC(=O)NC(CC(C)C)C(=O)Nc1nc(C)c(SCC#N)s1. The highest BCUT2D eigenvalue weighted by molar-refractivity contribution is 8.01. The molecule has 126 valence electrons. The summed E-state index contributed by atoms with van der Waals surface area (Å²) >= 11 is 2.70. The summed E-state index contributed by atoms with van der Waals surface area (Å²) in [5.41, 5.74) is 0.770. The average Bonchev–Trinajstić information content (AvgIpc) is 2.83. The van der Waals surface area contributed by atoms with E-state index in [2.05, 4.69) is 26.4 Å². The van der Waals surface area contributed by atoms with Crippen LogP contribution in [0.4, 0.5) is 9.93 Å². The van der Waals surface area contributed by atoms with Gasteiger partial charge in [-0.1, -0.05) is 36.9 Å². The van der Waals surface area contributed by atoms with Crippen molar-refractivity contribution in [3.8, 4) is 6.07 Å². The lowest BCUT2D eigenvalue weighted by atomic mass is 10.0. The van der Waals surface area contributed by atoms with Crippen molar-refractivity contribution in [3.63, 3.8) is 0 Å². The molecule has 0 aliphatic rings. The number of thioether (sulfide) groups is 1. The standard InChI is InChI=1S/C14H20N4O3S2/c1-8(2)7-10(17-14(20)21-4)11(19)18-13-16-9(3)12(23-13)22-6-5-15/h8,10H,6-7H2,1-4H3,(H,17,20)(H,16,18,19). The second-order valence-electron chi connectivity index (χ2n) is 5.15. The first kappa shape index (κ1) is 19.3. The van der Waals surface area contributed by atoms with Gasteiger partial charge in [0.2, 0.25) is 5.91 Å². The third-order valence-corrected chi connectivity index (χ3v) is 5.06. The molecule has 2 amide bonds. The summed E-state index contributed by atoms with van der Waals surface area (Å²) < 4.78 is 5.44. The number of alkyl carbamates (subject to hydrolysis) is 1. The zero-order valence-corrected chi connectivity index (χ0v) is 15.1. The van der Waals surface area contributed by atoms with E-state index in [0.717, 1.165) is 9.90 Å². The van der Waals surface area contributed by atoms with Crippen molar-refractivity contribution in [1.29, 1.82) is 5.26 Å². The molecule has 0 saturated carbocycles. The number of carbonyl (C=O) groups excluding carboxylic acids is 2. The van der Waals surface area contributed by atoms with Crippen molar-refractivity contribution in [3.05, 3.63) is 5.69 Å². The highest BCUT2D eigenvalue weighted by atomic mass is 32.2. The molecule has 1 unspecified atom stereocenters. The Hall–Kier alpha value is -1.79. The van der Waals surface area contributed by atoms with Crippen molar-refractivity contribution in [2.45, 2.75) is 37.4 Å². The van der Waals surface area contributed by atoms with Gasteiger partial charge in [0, 0.05) is 0 Å². The minimum absolute atomic E-state index is 0.225. The molecular formula is C14H20N4O3S2. The summed E-state index contributed by atoms with van der Waals surface area (Å²) in [5.74, 6) is 0.216. The molecule has 1 rings (SSSR count). The van der Waals surface area contributed by atoms with Gasteiger partial charge in [-0.25, -0.2) is 9.78 Å². The van der Waals surface area contributed by atoms with E-state index in [1.165, 1.54) is 30.2 Å². The van der Waals surface area contributed by atoms with Crippen LogP contribution in [-0.2, 0) is 9.53 Å². The van der Waals surface area contributed by atoms with Gasteiger partial charge in [0.15, 0.2) is 5.13 Å². The zero-order chi connectivity index (χ0) is 17.4. The molecule has 0 saturated heterocycles. The van der Waals surface area contributed by atoms with Crippen molar-refractivity contribution >= 4 is 40.2 Å². The predicted molar refractivity (Wildman–Crippen MR) is 90.6 cm³/mol. The van der Waals surface area contributed by atoms with Gasteiger partial charge < -0.3 is 15.4 Å². The van der Waals surface area contributed by atoms with Crippen LogP contribution in [0, 0.1) is 24.2 Å². The van der Waals surface area contributed by atoms with Gasteiger partial charge in [0.05, 0.1) is 28.8 Å². The highest BCUT2D eigenvalue weighted by Gasteiger charge is 2.23. The molecule has 1 aromatic heterocycles. The number of aromatic nitrogens is 1. The number of hydrogen-bond acceptors (Lipinski definition) is 7. The van der Waals surface area contributed by atoms with Crippen LogP contribution < -0.4 is 10.6 Å². The molecule has 0 bridgehead atoms. The number of hydrogen-bond donors (Lipinski definition) is 2. The highest BCUT2D eigenvalue weighted by Crippen LogP contribution is 2.31. The van der Waals surface area contributed by atoms with E-state index in [4.69, 9.17) is 5.26 Å². The Morgan fingerprint density at radius 2 is 2.17 bits per heavy atom. The Morgan fingerprint density at radius 1 is 1.48 bits per heavy atom. The quantitative estimate of drug-likeness (QED) is 0.728. The van der Waals surface area contributed by atoms with Crippen LogP contribution in [0.15, 0.2) is 4.21 Å². The summed E-state index contributed by atoms with van der Waals surface area (Å²) in [6, 6.07) is 1.36. The number of ether oxygens (including phenoxy) is 1. The third-order valence-electron chi connectivity index (χ3n) is 2.75. The van der Waals surface area contributed by atoms with E-state index in [-0.39, 0.29) is 11.8 Å². The number of nitrogens with one attached hydrogen (secondary N) is 2. The molecule has 23 heavy (non-hydrogen) atoms. The van der Waals surface area contributed by atoms with Crippen molar-refractivity contribution in [1.82, 2.24) is 10.3 Å².